The minimum atomic E-state index is -0.0341. The Morgan fingerprint density at radius 3 is 1.95 bits per heavy atom. The van der Waals surface area contributed by atoms with Crippen molar-refractivity contribution in [2.24, 2.45) is 0 Å². The van der Waals surface area contributed by atoms with Crippen molar-refractivity contribution in [1.29, 1.82) is 0 Å². The number of likely N-dealkylation sites (tertiary alicyclic amines) is 1. The summed E-state index contributed by atoms with van der Waals surface area (Å²) in [5, 5.41) is 6.11. The molecule has 0 bridgehead atoms. The van der Waals surface area contributed by atoms with Gasteiger partial charge in [-0.15, -0.1) is 0 Å². The Morgan fingerprint density at radius 2 is 1.42 bits per heavy atom. The topological polar surface area (TPSA) is 61.4 Å². The number of carbonyl (C=O) groups excluding carboxylic acids is 2. The van der Waals surface area contributed by atoms with Crippen LogP contribution in [0.15, 0.2) is 0 Å². The molecule has 1 heterocycles. The van der Waals surface area contributed by atoms with Crippen LogP contribution in [0, 0.1) is 0 Å². The third-order valence-electron chi connectivity index (χ3n) is 4.22. The maximum absolute atomic E-state index is 11.9. The summed E-state index contributed by atoms with van der Waals surface area (Å²) in [6.45, 7) is 3.11. The molecule has 0 unspecified atom stereocenters. The van der Waals surface area contributed by atoms with E-state index < -0.39 is 0 Å². The lowest BCUT2D eigenvalue weighted by Gasteiger charge is -2.32. The first-order chi connectivity index (χ1) is 9.15. The second-order valence-electron chi connectivity index (χ2n) is 5.73. The fourth-order valence-corrected chi connectivity index (χ4v) is 3.00. The van der Waals surface area contributed by atoms with Gasteiger partial charge in [0.25, 0.3) is 0 Å². The fraction of sp³-hybridized carbons (Fsp3) is 0.857. The lowest BCUT2D eigenvalue weighted by atomic mass is 9.96. The van der Waals surface area contributed by atoms with Gasteiger partial charge < -0.3 is 15.5 Å². The van der Waals surface area contributed by atoms with Crippen molar-refractivity contribution in [3.63, 3.8) is 0 Å². The van der Waals surface area contributed by atoms with Crippen molar-refractivity contribution >= 4 is 11.9 Å². The molecule has 1 saturated carbocycles. The molecule has 0 spiro atoms. The van der Waals surface area contributed by atoms with Crippen LogP contribution in [0.2, 0.25) is 0 Å². The van der Waals surface area contributed by atoms with Gasteiger partial charge in [0.05, 0.1) is 0 Å². The molecule has 1 saturated heterocycles. The first kappa shape index (κ1) is 14.2. The first-order valence-electron chi connectivity index (χ1n) is 7.47. The molecule has 0 atom stereocenters. The summed E-state index contributed by atoms with van der Waals surface area (Å²) >= 11 is 0. The minimum Gasteiger partial charge on any atom is -0.343 e. The zero-order valence-corrected chi connectivity index (χ0v) is 11.8. The number of rotatable bonds is 2. The van der Waals surface area contributed by atoms with E-state index in [0.29, 0.717) is 6.04 Å². The number of urea groups is 1. The summed E-state index contributed by atoms with van der Waals surface area (Å²) in [5.41, 5.74) is 0. The molecule has 2 aliphatic rings. The Hall–Kier alpha value is -1.26. The normalized spacial score (nSPS) is 22.1. The highest BCUT2D eigenvalue weighted by Gasteiger charge is 2.23. The van der Waals surface area contributed by atoms with Gasteiger partial charge in [-0.2, -0.15) is 0 Å². The number of carbonyl (C=O) groups is 2. The molecule has 0 aromatic carbocycles. The van der Waals surface area contributed by atoms with Gasteiger partial charge in [0.1, 0.15) is 0 Å². The second-order valence-corrected chi connectivity index (χ2v) is 5.73. The van der Waals surface area contributed by atoms with Crippen LogP contribution in [-0.2, 0) is 4.79 Å². The molecule has 2 N–H and O–H groups in total. The molecule has 3 amide bonds. The summed E-state index contributed by atoms with van der Waals surface area (Å²) in [5.74, 6) is 0.130. The molecule has 0 aromatic heterocycles. The number of nitrogens with zero attached hydrogens (tertiary/aromatic N) is 1. The van der Waals surface area contributed by atoms with Crippen molar-refractivity contribution in [3.05, 3.63) is 0 Å². The summed E-state index contributed by atoms with van der Waals surface area (Å²) < 4.78 is 0. The van der Waals surface area contributed by atoms with Crippen LogP contribution < -0.4 is 10.6 Å². The predicted molar refractivity (Wildman–Crippen MR) is 73.8 cm³/mol. The lowest BCUT2D eigenvalue weighted by molar-refractivity contribution is -0.129. The highest BCUT2D eigenvalue weighted by atomic mass is 16.2. The summed E-state index contributed by atoms with van der Waals surface area (Å²) in [7, 11) is 0. The smallest absolute Gasteiger partial charge is 0.315 e. The summed E-state index contributed by atoms with van der Waals surface area (Å²) in [6, 6.07) is 0.526. The predicted octanol–water partition coefficient (Wildman–Crippen LogP) is 1.63. The van der Waals surface area contributed by atoms with E-state index in [2.05, 4.69) is 10.6 Å². The van der Waals surface area contributed by atoms with Crippen molar-refractivity contribution < 1.29 is 9.59 Å². The zero-order valence-electron chi connectivity index (χ0n) is 11.8. The molecular formula is C14H25N3O2. The van der Waals surface area contributed by atoms with Gasteiger partial charge in [0.15, 0.2) is 0 Å². The highest BCUT2D eigenvalue weighted by Crippen LogP contribution is 2.17. The van der Waals surface area contributed by atoms with E-state index in [9.17, 15) is 9.59 Å². The van der Waals surface area contributed by atoms with E-state index >= 15 is 0 Å². The molecule has 5 heteroatoms. The van der Waals surface area contributed by atoms with Gasteiger partial charge in [-0.3, -0.25) is 4.79 Å². The maximum atomic E-state index is 11.9. The average molecular weight is 267 g/mol. The van der Waals surface area contributed by atoms with E-state index in [4.69, 9.17) is 0 Å². The van der Waals surface area contributed by atoms with E-state index in [0.717, 1.165) is 38.8 Å². The third-order valence-corrected chi connectivity index (χ3v) is 4.22. The van der Waals surface area contributed by atoms with Crippen molar-refractivity contribution in [1.82, 2.24) is 15.5 Å². The number of hydrogen-bond acceptors (Lipinski definition) is 2. The number of piperidine rings is 1. The SMILES string of the molecule is CC(=O)N1CCC(NC(=O)NC2CCCCC2)CC1. The van der Waals surface area contributed by atoms with Crippen LogP contribution in [-0.4, -0.2) is 42.0 Å². The average Bonchev–Trinajstić information content (AvgIpc) is 2.40. The lowest BCUT2D eigenvalue weighted by Crippen LogP contribution is -2.50. The monoisotopic (exact) mass is 267 g/mol. The molecular weight excluding hydrogens is 242 g/mol. The quantitative estimate of drug-likeness (QED) is 0.799. The van der Waals surface area contributed by atoms with Crippen molar-refractivity contribution in [2.75, 3.05) is 13.1 Å². The van der Waals surface area contributed by atoms with Crippen LogP contribution in [0.1, 0.15) is 51.9 Å². The molecule has 0 radical (unpaired) electrons. The van der Waals surface area contributed by atoms with E-state index in [1.807, 2.05) is 4.90 Å². The van der Waals surface area contributed by atoms with E-state index in [1.165, 1.54) is 19.3 Å². The van der Waals surface area contributed by atoms with E-state index in [-0.39, 0.29) is 18.0 Å². The van der Waals surface area contributed by atoms with Crippen molar-refractivity contribution in [2.45, 2.75) is 64.0 Å². The summed E-state index contributed by atoms with van der Waals surface area (Å²) in [6.07, 6.45) is 7.68. The molecule has 19 heavy (non-hydrogen) atoms. The number of amides is 3. The van der Waals surface area contributed by atoms with Gasteiger partial charge in [-0.25, -0.2) is 4.79 Å². The number of hydrogen-bond donors (Lipinski definition) is 2. The Morgan fingerprint density at radius 1 is 0.895 bits per heavy atom. The number of nitrogens with one attached hydrogen (secondary N) is 2. The Kier molecular flexibility index (Phi) is 5.05. The zero-order chi connectivity index (χ0) is 13.7. The molecule has 108 valence electrons. The fourth-order valence-electron chi connectivity index (χ4n) is 3.00. The molecule has 1 aliphatic carbocycles. The van der Waals surface area contributed by atoms with Gasteiger partial charge in [0.2, 0.25) is 5.91 Å². The molecule has 5 nitrogen and oxygen atoms in total. The Labute approximate surface area is 115 Å². The Bertz CT molecular complexity index is 319. The van der Waals surface area contributed by atoms with Crippen LogP contribution >= 0.6 is 0 Å². The maximum Gasteiger partial charge on any atom is 0.315 e. The summed E-state index contributed by atoms with van der Waals surface area (Å²) in [4.78, 5) is 25.0. The second kappa shape index (κ2) is 6.78. The molecule has 1 aliphatic heterocycles. The van der Waals surface area contributed by atoms with Crippen LogP contribution in [0.4, 0.5) is 4.79 Å². The van der Waals surface area contributed by atoms with Crippen LogP contribution in [0.5, 0.6) is 0 Å². The van der Waals surface area contributed by atoms with Crippen LogP contribution in [0.3, 0.4) is 0 Å². The highest BCUT2D eigenvalue weighted by molar-refractivity contribution is 5.75. The molecule has 2 rings (SSSR count). The third kappa shape index (κ3) is 4.40. The molecule has 0 aromatic rings. The van der Waals surface area contributed by atoms with Crippen molar-refractivity contribution in [3.8, 4) is 0 Å². The van der Waals surface area contributed by atoms with Crippen LogP contribution in [0.25, 0.3) is 0 Å². The first-order valence-corrected chi connectivity index (χ1v) is 7.47. The van der Waals surface area contributed by atoms with Gasteiger partial charge >= 0.3 is 6.03 Å². The minimum absolute atomic E-state index is 0.0341. The van der Waals surface area contributed by atoms with Gasteiger partial charge in [0, 0.05) is 32.1 Å². The Balaban J connectivity index is 1.67. The largest absolute Gasteiger partial charge is 0.343 e. The van der Waals surface area contributed by atoms with Gasteiger partial charge in [-0.1, -0.05) is 19.3 Å². The van der Waals surface area contributed by atoms with Gasteiger partial charge in [-0.05, 0) is 25.7 Å². The molecule has 2 fully saturated rings. The standard InChI is InChI=1S/C14H25N3O2/c1-11(18)17-9-7-13(8-10-17)16-14(19)15-12-5-3-2-4-6-12/h12-13H,2-10H2,1H3,(H2,15,16,19). The van der Waals surface area contributed by atoms with E-state index in [1.54, 1.807) is 6.92 Å².